The zero-order valence-corrected chi connectivity index (χ0v) is 10.4. The largest absolute Gasteiger partial charge is 0.372 e. The van der Waals surface area contributed by atoms with Crippen LogP contribution in [0.4, 0.5) is 0 Å². The number of nitrogens with zero attached hydrogens (tertiary/aromatic N) is 1. The molecule has 0 aliphatic heterocycles. The van der Waals surface area contributed by atoms with Gasteiger partial charge in [0.05, 0.1) is 18.4 Å². The van der Waals surface area contributed by atoms with E-state index in [4.69, 9.17) is 16.3 Å². The van der Waals surface area contributed by atoms with Crippen molar-refractivity contribution in [2.45, 2.75) is 45.3 Å². The summed E-state index contributed by atoms with van der Waals surface area (Å²) in [5.74, 6) is 0.797. The van der Waals surface area contributed by atoms with Crippen LogP contribution in [0, 0.1) is 5.92 Å². The molecule has 1 aromatic heterocycles. The summed E-state index contributed by atoms with van der Waals surface area (Å²) in [4.78, 5) is 4.22. The van der Waals surface area contributed by atoms with E-state index in [1.807, 2.05) is 12.1 Å². The van der Waals surface area contributed by atoms with Crippen LogP contribution in [0.25, 0.3) is 0 Å². The third kappa shape index (κ3) is 3.46. The van der Waals surface area contributed by atoms with Crippen molar-refractivity contribution >= 4 is 11.6 Å². The molecule has 1 fully saturated rings. The fraction of sp³-hybridized carbons (Fsp3) is 0.615. The molecule has 0 aromatic carbocycles. The fourth-order valence-electron chi connectivity index (χ4n) is 2.26. The summed E-state index contributed by atoms with van der Waals surface area (Å²) in [6, 6.07) is 5.66. The molecule has 0 saturated heterocycles. The maximum atomic E-state index is 5.87. The van der Waals surface area contributed by atoms with Crippen LogP contribution in [0.5, 0.6) is 0 Å². The smallest absolute Gasteiger partial charge is 0.129 e. The summed E-state index contributed by atoms with van der Waals surface area (Å²) in [5, 5.41) is 0.540. The summed E-state index contributed by atoms with van der Waals surface area (Å²) >= 11 is 5.82. The lowest BCUT2D eigenvalue weighted by molar-refractivity contribution is 0.00322. The number of halogens is 1. The number of aromatic nitrogens is 1. The molecule has 0 amide bonds. The lowest BCUT2D eigenvalue weighted by Crippen LogP contribution is -2.21. The van der Waals surface area contributed by atoms with E-state index in [0.717, 1.165) is 11.6 Å². The zero-order valence-electron chi connectivity index (χ0n) is 9.66. The standard InChI is InChI=1S/C13H18ClNO/c1-10-4-2-6-12(8-10)16-9-11-5-3-7-13(14)15-11/h3,5,7,10,12H,2,4,6,8-9H2,1H3. The van der Waals surface area contributed by atoms with Crippen LogP contribution < -0.4 is 0 Å². The van der Waals surface area contributed by atoms with Crippen molar-refractivity contribution in [2.24, 2.45) is 5.92 Å². The third-order valence-corrected chi connectivity index (χ3v) is 3.34. The van der Waals surface area contributed by atoms with Gasteiger partial charge in [0.25, 0.3) is 0 Å². The number of rotatable bonds is 3. The highest BCUT2D eigenvalue weighted by Crippen LogP contribution is 2.26. The molecule has 0 bridgehead atoms. The first-order chi connectivity index (χ1) is 7.74. The number of pyridine rings is 1. The molecule has 2 rings (SSSR count). The highest BCUT2D eigenvalue weighted by Gasteiger charge is 2.19. The van der Waals surface area contributed by atoms with Crippen LogP contribution >= 0.6 is 11.6 Å². The Balaban J connectivity index is 1.82. The summed E-state index contributed by atoms with van der Waals surface area (Å²) in [5.41, 5.74) is 0.922. The van der Waals surface area contributed by atoms with Crippen LogP contribution in [0.1, 0.15) is 38.3 Å². The van der Waals surface area contributed by atoms with Gasteiger partial charge in [-0.1, -0.05) is 37.4 Å². The number of hydrogen-bond acceptors (Lipinski definition) is 2. The van der Waals surface area contributed by atoms with Gasteiger partial charge in [-0.05, 0) is 30.9 Å². The predicted octanol–water partition coefficient (Wildman–Crippen LogP) is 3.83. The van der Waals surface area contributed by atoms with Crippen LogP contribution in [0.2, 0.25) is 5.15 Å². The molecule has 1 aliphatic rings. The van der Waals surface area contributed by atoms with Gasteiger partial charge in [-0.3, -0.25) is 0 Å². The van der Waals surface area contributed by atoms with Crippen molar-refractivity contribution in [3.63, 3.8) is 0 Å². The van der Waals surface area contributed by atoms with E-state index in [9.17, 15) is 0 Å². The van der Waals surface area contributed by atoms with Gasteiger partial charge in [0.2, 0.25) is 0 Å². The second kappa shape index (κ2) is 5.65. The first-order valence-electron chi connectivity index (χ1n) is 5.97. The van der Waals surface area contributed by atoms with Crippen LogP contribution in [-0.4, -0.2) is 11.1 Å². The Morgan fingerprint density at radius 2 is 2.31 bits per heavy atom. The molecule has 3 heteroatoms. The number of ether oxygens (including phenoxy) is 1. The van der Waals surface area contributed by atoms with E-state index in [2.05, 4.69) is 11.9 Å². The fourth-order valence-corrected chi connectivity index (χ4v) is 2.45. The van der Waals surface area contributed by atoms with Crippen molar-refractivity contribution in [2.75, 3.05) is 0 Å². The Hall–Kier alpha value is -0.600. The molecule has 2 atom stereocenters. The molecule has 1 heterocycles. The van der Waals surface area contributed by atoms with E-state index < -0.39 is 0 Å². The second-order valence-electron chi connectivity index (χ2n) is 4.66. The highest BCUT2D eigenvalue weighted by molar-refractivity contribution is 6.29. The average Bonchev–Trinajstić information content (AvgIpc) is 2.27. The maximum Gasteiger partial charge on any atom is 0.129 e. The molecule has 16 heavy (non-hydrogen) atoms. The normalized spacial score (nSPS) is 25.6. The Morgan fingerprint density at radius 3 is 3.06 bits per heavy atom. The average molecular weight is 240 g/mol. The van der Waals surface area contributed by atoms with Gasteiger partial charge in [-0.2, -0.15) is 0 Å². The monoisotopic (exact) mass is 239 g/mol. The summed E-state index contributed by atoms with van der Waals surface area (Å²) in [6.07, 6.45) is 5.40. The van der Waals surface area contributed by atoms with Crippen molar-refractivity contribution in [3.8, 4) is 0 Å². The molecular weight excluding hydrogens is 222 g/mol. The highest BCUT2D eigenvalue weighted by atomic mass is 35.5. The summed E-state index contributed by atoms with van der Waals surface area (Å²) in [6.45, 7) is 2.88. The molecule has 0 radical (unpaired) electrons. The number of hydrogen-bond donors (Lipinski definition) is 0. The Kier molecular flexibility index (Phi) is 4.19. The molecule has 1 aliphatic carbocycles. The van der Waals surface area contributed by atoms with Gasteiger partial charge in [0.1, 0.15) is 5.15 Å². The van der Waals surface area contributed by atoms with Crippen molar-refractivity contribution in [1.82, 2.24) is 4.98 Å². The third-order valence-electron chi connectivity index (χ3n) is 3.13. The molecule has 0 spiro atoms. The van der Waals surface area contributed by atoms with Crippen LogP contribution in [-0.2, 0) is 11.3 Å². The van der Waals surface area contributed by atoms with Gasteiger partial charge < -0.3 is 4.74 Å². The SMILES string of the molecule is CC1CCCC(OCc2cccc(Cl)n2)C1. The molecule has 0 N–H and O–H groups in total. The van der Waals surface area contributed by atoms with E-state index in [-0.39, 0.29) is 0 Å². The second-order valence-corrected chi connectivity index (χ2v) is 5.04. The van der Waals surface area contributed by atoms with Gasteiger partial charge in [0, 0.05) is 0 Å². The van der Waals surface area contributed by atoms with Crippen LogP contribution in [0.3, 0.4) is 0 Å². The summed E-state index contributed by atoms with van der Waals surface area (Å²) in [7, 11) is 0. The van der Waals surface area contributed by atoms with Crippen molar-refractivity contribution in [3.05, 3.63) is 29.0 Å². The van der Waals surface area contributed by atoms with E-state index in [0.29, 0.717) is 17.9 Å². The maximum absolute atomic E-state index is 5.87. The Bertz CT molecular complexity index is 342. The van der Waals surface area contributed by atoms with Gasteiger partial charge in [-0.15, -0.1) is 0 Å². The van der Waals surface area contributed by atoms with E-state index in [1.165, 1.54) is 25.7 Å². The molecule has 2 unspecified atom stereocenters. The van der Waals surface area contributed by atoms with Crippen LogP contribution in [0.15, 0.2) is 18.2 Å². The first kappa shape index (κ1) is 11.9. The minimum atomic E-state index is 0.407. The topological polar surface area (TPSA) is 22.1 Å². The minimum absolute atomic E-state index is 0.407. The zero-order chi connectivity index (χ0) is 11.4. The van der Waals surface area contributed by atoms with Crippen molar-refractivity contribution < 1.29 is 4.74 Å². The minimum Gasteiger partial charge on any atom is -0.372 e. The van der Waals surface area contributed by atoms with E-state index >= 15 is 0 Å². The Labute approximate surface area is 102 Å². The molecule has 88 valence electrons. The Morgan fingerprint density at radius 1 is 1.44 bits per heavy atom. The lowest BCUT2D eigenvalue weighted by atomic mass is 9.89. The molecule has 1 saturated carbocycles. The lowest BCUT2D eigenvalue weighted by Gasteiger charge is -2.26. The first-order valence-corrected chi connectivity index (χ1v) is 6.35. The predicted molar refractivity (Wildman–Crippen MR) is 65.5 cm³/mol. The van der Waals surface area contributed by atoms with Crippen molar-refractivity contribution in [1.29, 1.82) is 0 Å². The van der Waals surface area contributed by atoms with E-state index in [1.54, 1.807) is 6.07 Å². The van der Waals surface area contributed by atoms with Gasteiger partial charge in [0.15, 0.2) is 0 Å². The molecular formula is C13H18ClNO. The quantitative estimate of drug-likeness (QED) is 0.748. The summed E-state index contributed by atoms with van der Waals surface area (Å²) < 4.78 is 5.87. The molecule has 1 aromatic rings. The van der Waals surface area contributed by atoms with Gasteiger partial charge >= 0.3 is 0 Å². The van der Waals surface area contributed by atoms with Gasteiger partial charge in [-0.25, -0.2) is 4.98 Å². The molecule has 2 nitrogen and oxygen atoms in total.